The fourth-order valence-corrected chi connectivity index (χ4v) is 2.89. The molecule has 4 atom stereocenters. The van der Waals surface area contributed by atoms with Gasteiger partial charge in [0.2, 0.25) is 29.5 Å². The highest BCUT2D eigenvalue weighted by atomic mass is 16.4. The molecule has 16 nitrogen and oxygen atoms in total. The molecule has 0 fully saturated rings. The fourth-order valence-electron chi connectivity index (χ4n) is 2.89. The summed E-state index contributed by atoms with van der Waals surface area (Å²) in [4.78, 5) is 93.8. The van der Waals surface area contributed by atoms with Gasteiger partial charge in [0.15, 0.2) is 0 Å². The molecule has 0 aliphatic heterocycles. The third-order valence-corrected chi connectivity index (χ3v) is 4.64. The molecule has 0 bridgehead atoms. The topological polar surface area (TPSA) is 271 Å². The average molecular weight is 517 g/mol. The Bertz CT molecular complexity index is 873. The molecular formula is C20H31N5O11. The number of carbonyl (C=O) groups is 8. The van der Waals surface area contributed by atoms with Crippen LogP contribution in [0.3, 0.4) is 0 Å². The summed E-state index contributed by atoms with van der Waals surface area (Å²) < 4.78 is 0. The van der Waals surface area contributed by atoms with Crippen LogP contribution >= 0.6 is 0 Å². The molecule has 0 spiro atoms. The summed E-state index contributed by atoms with van der Waals surface area (Å²) in [5.41, 5.74) is 5.10. The highest BCUT2D eigenvalue weighted by Gasteiger charge is 2.33. The van der Waals surface area contributed by atoms with E-state index < -0.39 is 103 Å². The van der Waals surface area contributed by atoms with Crippen LogP contribution in [0.5, 0.6) is 0 Å². The monoisotopic (exact) mass is 517 g/mol. The van der Waals surface area contributed by atoms with Crippen molar-refractivity contribution in [2.24, 2.45) is 11.7 Å². The highest BCUT2D eigenvalue weighted by molar-refractivity contribution is 5.96. The van der Waals surface area contributed by atoms with Crippen molar-refractivity contribution in [2.75, 3.05) is 0 Å². The van der Waals surface area contributed by atoms with Crippen LogP contribution in [0.4, 0.5) is 0 Å². The summed E-state index contributed by atoms with van der Waals surface area (Å²) in [5, 5.41) is 35.5. The molecule has 5 amide bonds. The van der Waals surface area contributed by atoms with Gasteiger partial charge >= 0.3 is 17.9 Å². The lowest BCUT2D eigenvalue weighted by molar-refractivity contribution is -0.142. The first-order chi connectivity index (χ1) is 16.5. The quantitative estimate of drug-likeness (QED) is 0.101. The van der Waals surface area contributed by atoms with Gasteiger partial charge in [0.05, 0.1) is 12.8 Å². The Balaban J connectivity index is 5.74. The Morgan fingerprint density at radius 3 is 1.56 bits per heavy atom. The van der Waals surface area contributed by atoms with Gasteiger partial charge in [0.25, 0.3) is 0 Å². The minimum absolute atomic E-state index is 0.456. The molecule has 0 saturated carbocycles. The molecule has 3 unspecified atom stereocenters. The van der Waals surface area contributed by atoms with Crippen molar-refractivity contribution in [3.05, 3.63) is 0 Å². The van der Waals surface area contributed by atoms with E-state index in [4.69, 9.17) is 21.1 Å². The number of nitrogens with two attached hydrogens (primary N) is 1. The van der Waals surface area contributed by atoms with Crippen molar-refractivity contribution in [3.8, 4) is 0 Å². The SMILES string of the molecule is CC(=O)N[C@@H](CC(=O)O)C(=O)NC(CCC(=O)O)C(=O)NC(C(=O)NC(CC(=O)O)C(N)=O)C(C)C. The standard InChI is InChI=1S/C20H31N5O11/c1-8(2)16(20(36)24-11(17(21)33)6-14(29)30)25-18(34)10(4-5-13(27)28)23-19(35)12(7-15(31)32)22-9(3)26/h8,10-12,16H,4-7H2,1-3H3,(H2,21,33)(H,22,26)(H,23,35)(H,24,36)(H,25,34)(H,27,28)(H,29,30)(H,31,32)/t10?,11?,12-,16?/m0/s1. The van der Waals surface area contributed by atoms with Crippen LogP contribution in [0, 0.1) is 5.92 Å². The number of primary amides is 1. The molecule has 0 radical (unpaired) electrons. The van der Waals surface area contributed by atoms with Gasteiger partial charge < -0.3 is 42.3 Å². The van der Waals surface area contributed by atoms with Crippen LogP contribution in [-0.4, -0.2) is 86.9 Å². The summed E-state index contributed by atoms with van der Waals surface area (Å²) in [6.07, 6.45) is -2.69. The predicted octanol–water partition coefficient (Wildman–Crippen LogP) is -3.10. The molecule has 9 N–H and O–H groups in total. The zero-order chi connectivity index (χ0) is 28.2. The Labute approximate surface area is 205 Å². The maximum atomic E-state index is 12.9. The lowest BCUT2D eigenvalue weighted by Gasteiger charge is -2.27. The van der Waals surface area contributed by atoms with Crippen molar-refractivity contribution in [1.29, 1.82) is 0 Å². The molecule has 0 heterocycles. The lowest BCUT2D eigenvalue weighted by Crippen LogP contribution is -2.59. The Morgan fingerprint density at radius 2 is 1.14 bits per heavy atom. The molecule has 0 aromatic rings. The molecule has 0 aliphatic carbocycles. The predicted molar refractivity (Wildman–Crippen MR) is 119 cm³/mol. The number of rotatable bonds is 16. The summed E-state index contributed by atoms with van der Waals surface area (Å²) in [6.45, 7) is 4.04. The van der Waals surface area contributed by atoms with Gasteiger partial charge in [-0.25, -0.2) is 0 Å². The van der Waals surface area contributed by atoms with E-state index in [-0.39, 0.29) is 0 Å². The largest absolute Gasteiger partial charge is 0.481 e. The normalized spacial score (nSPS) is 13.9. The van der Waals surface area contributed by atoms with E-state index in [0.717, 1.165) is 6.92 Å². The van der Waals surface area contributed by atoms with E-state index >= 15 is 0 Å². The van der Waals surface area contributed by atoms with Gasteiger partial charge in [-0.3, -0.25) is 38.4 Å². The van der Waals surface area contributed by atoms with Gasteiger partial charge in [0, 0.05) is 13.3 Å². The number of carboxylic acid groups (broad SMARTS) is 3. The summed E-state index contributed by atoms with van der Waals surface area (Å²) in [6, 6.07) is -6.07. The van der Waals surface area contributed by atoms with Gasteiger partial charge in [-0.15, -0.1) is 0 Å². The first kappa shape index (κ1) is 31.8. The molecule has 202 valence electrons. The highest BCUT2D eigenvalue weighted by Crippen LogP contribution is 2.07. The Hall–Kier alpha value is -4.24. The van der Waals surface area contributed by atoms with Crippen molar-refractivity contribution >= 4 is 47.4 Å². The summed E-state index contributed by atoms with van der Waals surface area (Å²) in [7, 11) is 0. The van der Waals surface area contributed by atoms with Crippen LogP contribution in [0.25, 0.3) is 0 Å². The molecule has 0 aromatic carbocycles. The number of aliphatic carboxylic acids is 3. The Kier molecular flexibility index (Phi) is 13.1. The number of carbonyl (C=O) groups excluding carboxylic acids is 5. The van der Waals surface area contributed by atoms with E-state index in [1.165, 1.54) is 13.8 Å². The molecule has 0 saturated heterocycles. The molecule has 0 aromatic heterocycles. The van der Waals surface area contributed by atoms with E-state index in [1.54, 1.807) is 0 Å². The number of amides is 5. The van der Waals surface area contributed by atoms with Crippen molar-refractivity contribution in [1.82, 2.24) is 21.3 Å². The second-order valence-electron chi connectivity index (χ2n) is 8.14. The second kappa shape index (κ2) is 14.9. The van der Waals surface area contributed by atoms with Crippen LogP contribution in [0.15, 0.2) is 0 Å². The van der Waals surface area contributed by atoms with Crippen molar-refractivity contribution in [2.45, 2.75) is 70.6 Å². The lowest BCUT2D eigenvalue weighted by atomic mass is 10.0. The van der Waals surface area contributed by atoms with Crippen molar-refractivity contribution in [3.63, 3.8) is 0 Å². The van der Waals surface area contributed by atoms with Gasteiger partial charge in [-0.1, -0.05) is 13.8 Å². The molecule has 36 heavy (non-hydrogen) atoms. The zero-order valence-corrected chi connectivity index (χ0v) is 19.9. The van der Waals surface area contributed by atoms with Crippen molar-refractivity contribution < 1.29 is 53.7 Å². The van der Waals surface area contributed by atoms with Crippen LogP contribution in [0.1, 0.15) is 46.5 Å². The third-order valence-electron chi connectivity index (χ3n) is 4.64. The van der Waals surface area contributed by atoms with Gasteiger partial charge in [-0.2, -0.15) is 0 Å². The maximum absolute atomic E-state index is 12.9. The minimum atomic E-state index is -1.58. The third kappa shape index (κ3) is 12.3. The van der Waals surface area contributed by atoms with E-state index in [1.807, 2.05) is 0 Å². The average Bonchev–Trinajstić information content (AvgIpc) is 2.71. The summed E-state index contributed by atoms with van der Waals surface area (Å²) >= 11 is 0. The second-order valence-corrected chi connectivity index (χ2v) is 8.14. The number of hydrogen-bond donors (Lipinski definition) is 8. The molecular weight excluding hydrogens is 486 g/mol. The smallest absolute Gasteiger partial charge is 0.305 e. The molecule has 0 rings (SSSR count). The molecule has 0 aliphatic rings. The van der Waals surface area contributed by atoms with Crippen LogP contribution < -0.4 is 27.0 Å². The maximum Gasteiger partial charge on any atom is 0.305 e. The first-order valence-electron chi connectivity index (χ1n) is 10.7. The van der Waals surface area contributed by atoms with E-state index in [2.05, 4.69) is 21.3 Å². The van der Waals surface area contributed by atoms with Crippen LogP contribution in [-0.2, 0) is 38.4 Å². The number of carboxylic acids is 3. The van der Waals surface area contributed by atoms with Gasteiger partial charge in [-0.05, 0) is 12.3 Å². The zero-order valence-electron chi connectivity index (χ0n) is 19.9. The fraction of sp³-hybridized carbons (Fsp3) is 0.600. The van der Waals surface area contributed by atoms with E-state index in [0.29, 0.717) is 0 Å². The minimum Gasteiger partial charge on any atom is -0.481 e. The van der Waals surface area contributed by atoms with E-state index in [9.17, 15) is 38.4 Å². The van der Waals surface area contributed by atoms with Gasteiger partial charge in [0.1, 0.15) is 24.2 Å². The summed E-state index contributed by atoms with van der Waals surface area (Å²) in [5.74, 6) is -9.73. The first-order valence-corrected chi connectivity index (χ1v) is 10.7. The number of nitrogens with one attached hydrogen (secondary N) is 4. The molecule has 16 heteroatoms. The number of hydrogen-bond acceptors (Lipinski definition) is 8. The Morgan fingerprint density at radius 1 is 0.667 bits per heavy atom. The van der Waals surface area contributed by atoms with Crippen LogP contribution in [0.2, 0.25) is 0 Å².